The number of benzene rings is 1. The Morgan fingerprint density at radius 1 is 1.43 bits per heavy atom. The summed E-state index contributed by atoms with van der Waals surface area (Å²) in [4.78, 5) is 0. The normalized spacial score (nSPS) is 20.5. The van der Waals surface area contributed by atoms with Crippen molar-refractivity contribution >= 4 is 15.5 Å². The maximum absolute atomic E-state index is 11.6. The lowest BCUT2D eigenvalue weighted by molar-refractivity contribution is 0.415. The van der Waals surface area contributed by atoms with Crippen LogP contribution in [-0.2, 0) is 9.84 Å². The Balaban J connectivity index is 1.94. The molecular weight excluding hydrogens is 290 g/mol. The summed E-state index contributed by atoms with van der Waals surface area (Å²) >= 11 is 0. The van der Waals surface area contributed by atoms with E-state index < -0.39 is 9.84 Å². The molecule has 0 amide bonds. The third-order valence-corrected chi connectivity index (χ3v) is 5.44. The largest absolute Gasteiger partial charge is 0.497 e. The van der Waals surface area contributed by atoms with Gasteiger partial charge in [0.2, 0.25) is 0 Å². The zero-order valence-corrected chi connectivity index (χ0v) is 12.5. The van der Waals surface area contributed by atoms with Gasteiger partial charge < -0.3 is 10.5 Å². The van der Waals surface area contributed by atoms with Gasteiger partial charge in [0.25, 0.3) is 0 Å². The molecule has 7 heteroatoms. The Bertz CT molecular complexity index is 768. The fourth-order valence-corrected chi connectivity index (χ4v) is 4.28. The minimum atomic E-state index is -2.94. The summed E-state index contributed by atoms with van der Waals surface area (Å²) in [6, 6.07) is 7.34. The highest BCUT2D eigenvalue weighted by molar-refractivity contribution is 7.91. The van der Waals surface area contributed by atoms with Crippen molar-refractivity contribution in [3.05, 3.63) is 30.5 Å². The number of ether oxygens (including phenoxy) is 1. The van der Waals surface area contributed by atoms with Gasteiger partial charge in [0.05, 0.1) is 30.3 Å². The molecular formula is C14H17N3O3S. The van der Waals surface area contributed by atoms with Crippen molar-refractivity contribution in [2.75, 3.05) is 24.3 Å². The Hall–Kier alpha value is -2.02. The minimum absolute atomic E-state index is 0.128. The molecule has 0 aliphatic carbocycles. The van der Waals surface area contributed by atoms with E-state index in [1.165, 1.54) is 0 Å². The number of rotatable bonds is 3. The van der Waals surface area contributed by atoms with E-state index in [2.05, 4.69) is 5.10 Å². The van der Waals surface area contributed by atoms with Crippen LogP contribution in [0.4, 0.5) is 5.69 Å². The van der Waals surface area contributed by atoms with Gasteiger partial charge in [-0.2, -0.15) is 5.10 Å². The van der Waals surface area contributed by atoms with Gasteiger partial charge in [-0.3, -0.25) is 4.68 Å². The maximum Gasteiger partial charge on any atom is 0.152 e. The van der Waals surface area contributed by atoms with Gasteiger partial charge in [-0.15, -0.1) is 0 Å². The number of anilines is 1. The maximum atomic E-state index is 11.6. The van der Waals surface area contributed by atoms with Gasteiger partial charge in [-0.1, -0.05) is 12.1 Å². The van der Waals surface area contributed by atoms with Gasteiger partial charge in [0.1, 0.15) is 11.4 Å². The van der Waals surface area contributed by atoms with Crippen LogP contribution in [0.25, 0.3) is 11.3 Å². The van der Waals surface area contributed by atoms with E-state index >= 15 is 0 Å². The van der Waals surface area contributed by atoms with Gasteiger partial charge >= 0.3 is 0 Å². The predicted molar refractivity (Wildman–Crippen MR) is 80.9 cm³/mol. The lowest BCUT2D eigenvalue weighted by Crippen LogP contribution is -2.11. The van der Waals surface area contributed by atoms with Crippen molar-refractivity contribution in [1.29, 1.82) is 0 Å². The summed E-state index contributed by atoms with van der Waals surface area (Å²) in [7, 11) is -1.34. The van der Waals surface area contributed by atoms with Crippen molar-refractivity contribution in [2.45, 2.75) is 12.5 Å². The van der Waals surface area contributed by atoms with Crippen LogP contribution < -0.4 is 10.5 Å². The van der Waals surface area contributed by atoms with Gasteiger partial charge in [-0.05, 0) is 18.6 Å². The molecule has 0 spiro atoms. The number of nitrogens with two attached hydrogens (primary N) is 1. The second-order valence-corrected chi connectivity index (χ2v) is 7.43. The average molecular weight is 307 g/mol. The van der Waals surface area contributed by atoms with Gasteiger partial charge in [0.15, 0.2) is 9.84 Å². The molecule has 1 aromatic carbocycles. The highest BCUT2D eigenvalue weighted by Gasteiger charge is 2.30. The first kappa shape index (κ1) is 13.9. The van der Waals surface area contributed by atoms with E-state index in [9.17, 15) is 8.42 Å². The van der Waals surface area contributed by atoms with E-state index in [1.807, 2.05) is 24.3 Å². The summed E-state index contributed by atoms with van der Waals surface area (Å²) in [5.74, 6) is 1.07. The number of nitrogens with zero attached hydrogens (tertiary/aromatic N) is 2. The number of hydrogen-bond donors (Lipinski definition) is 1. The molecule has 1 saturated heterocycles. The van der Waals surface area contributed by atoms with Crippen LogP contribution in [0, 0.1) is 0 Å². The fourth-order valence-electron chi connectivity index (χ4n) is 2.57. The molecule has 2 N–H and O–H groups in total. The first-order valence-corrected chi connectivity index (χ1v) is 8.50. The van der Waals surface area contributed by atoms with Crippen LogP contribution in [0.5, 0.6) is 5.75 Å². The predicted octanol–water partition coefficient (Wildman–Crippen LogP) is 1.50. The van der Waals surface area contributed by atoms with E-state index in [4.69, 9.17) is 10.5 Å². The lowest BCUT2D eigenvalue weighted by atomic mass is 10.1. The highest BCUT2D eigenvalue weighted by Crippen LogP contribution is 2.30. The fraction of sp³-hybridized carbons (Fsp3) is 0.357. The third kappa shape index (κ3) is 2.73. The second-order valence-electron chi connectivity index (χ2n) is 5.20. The van der Waals surface area contributed by atoms with Crippen LogP contribution in [0.15, 0.2) is 30.5 Å². The quantitative estimate of drug-likeness (QED) is 0.928. The summed E-state index contributed by atoms with van der Waals surface area (Å²) in [6.45, 7) is 0. The molecule has 2 heterocycles. The molecule has 21 heavy (non-hydrogen) atoms. The van der Waals surface area contributed by atoms with Crippen LogP contribution >= 0.6 is 0 Å². The summed E-state index contributed by atoms with van der Waals surface area (Å²) < 4.78 is 30.0. The molecule has 1 aliphatic rings. The van der Waals surface area contributed by atoms with E-state index in [0.29, 0.717) is 17.8 Å². The molecule has 0 radical (unpaired) electrons. The smallest absolute Gasteiger partial charge is 0.152 e. The van der Waals surface area contributed by atoms with Crippen LogP contribution in [0.2, 0.25) is 0 Å². The van der Waals surface area contributed by atoms with E-state index in [-0.39, 0.29) is 17.5 Å². The molecule has 0 bridgehead atoms. The molecule has 1 fully saturated rings. The van der Waals surface area contributed by atoms with Crippen molar-refractivity contribution < 1.29 is 13.2 Å². The molecule has 1 unspecified atom stereocenters. The van der Waals surface area contributed by atoms with Gasteiger partial charge in [0, 0.05) is 11.8 Å². The number of methoxy groups -OCH3 is 1. The van der Waals surface area contributed by atoms with Crippen LogP contribution in [-0.4, -0.2) is 36.8 Å². The minimum Gasteiger partial charge on any atom is -0.497 e. The SMILES string of the molecule is COc1cccc(-c2nn(C3CCS(=O)(=O)C3)cc2N)c1. The van der Waals surface area contributed by atoms with E-state index in [0.717, 1.165) is 11.3 Å². The highest BCUT2D eigenvalue weighted by atomic mass is 32.2. The second kappa shape index (κ2) is 5.07. The molecule has 0 saturated carbocycles. The first-order valence-electron chi connectivity index (χ1n) is 6.68. The Kier molecular flexibility index (Phi) is 3.36. The lowest BCUT2D eigenvalue weighted by Gasteiger charge is -2.07. The molecule has 3 rings (SSSR count). The van der Waals surface area contributed by atoms with Gasteiger partial charge in [-0.25, -0.2) is 8.42 Å². The molecule has 112 valence electrons. The summed E-state index contributed by atoms with van der Waals surface area (Å²) in [6.07, 6.45) is 2.29. The molecule has 1 aliphatic heterocycles. The number of hydrogen-bond acceptors (Lipinski definition) is 5. The van der Waals surface area contributed by atoms with Crippen molar-refractivity contribution in [3.63, 3.8) is 0 Å². The van der Waals surface area contributed by atoms with Crippen molar-refractivity contribution in [3.8, 4) is 17.0 Å². The zero-order valence-electron chi connectivity index (χ0n) is 11.7. The Labute approximate surface area is 123 Å². The molecule has 1 aromatic heterocycles. The van der Waals surface area contributed by atoms with Crippen molar-refractivity contribution in [1.82, 2.24) is 9.78 Å². The molecule has 2 aromatic rings. The van der Waals surface area contributed by atoms with Crippen LogP contribution in [0.3, 0.4) is 0 Å². The molecule has 1 atom stereocenters. The Morgan fingerprint density at radius 2 is 2.24 bits per heavy atom. The summed E-state index contributed by atoms with van der Waals surface area (Å²) in [5, 5.41) is 4.47. The van der Waals surface area contributed by atoms with Crippen LogP contribution in [0.1, 0.15) is 12.5 Å². The summed E-state index contributed by atoms with van der Waals surface area (Å²) in [5.41, 5.74) is 8.07. The zero-order chi connectivity index (χ0) is 15.0. The standard InChI is InChI=1S/C14H17N3O3S/c1-20-12-4-2-3-10(7-12)14-13(15)8-17(16-14)11-5-6-21(18,19)9-11/h2-4,7-8,11H,5-6,9,15H2,1H3. The number of nitrogen functional groups attached to an aromatic ring is 1. The van der Waals surface area contributed by atoms with E-state index in [1.54, 1.807) is 18.0 Å². The topological polar surface area (TPSA) is 87.2 Å². The average Bonchev–Trinajstić information content (AvgIpc) is 3.01. The monoisotopic (exact) mass is 307 g/mol. The molecule has 6 nitrogen and oxygen atoms in total. The number of aromatic nitrogens is 2. The third-order valence-electron chi connectivity index (χ3n) is 3.69. The Morgan fingerprint density at radius 3 is 2.90 bits per heavy atom. The first-order chi connectivity index (χ1) is 9.98. The van der Waals surface area contributed by atoms with Crippen molar-refractivity contribution in [2.24, 2.45) is 0 Å². The number of sulfone groups is 1.